The molecule has 0 aromatic rings. The first-order chi connectivity index (χ1) is 7.02. The van der Waals surface area contributed by atoms with Gasteiger partial charge in [-0.15, -0.1) is 0 Å². The van der Waals surface area contributed by atoms with Crippen LogP contribution in [0.15, 0.2) is 0 Å². The second-order valence-electron chi connectivity index (χ2n) is 3.25. The number of carbonyl (C=O) groups excluding carboxylic acids is 2. The number of hydrogen-bond acceptors (Lipinski definition) is 2. The molecule has 0 bridgehead atoms. The van der Waals surface area contributed by atoms with Crippen LogP contribution in [0.1, 0.15) is 27.7 Å². The Balaban J connectivity index is -0.000000162. The molecule has 4 nitrogen and oxygen atoms in total. The molecule has 2 amide bonds. The SMILES string of the molecule is CC(C)C([NH-])=O.CC(C)C([NH-])=O.[Cl][Ti]([Cl])[Cl]. The Labute approximate surface area is 114 Å². The van der Waals surface area contributed by atoms with Crippen LogP contribution in [0.4, 0.5) is 0 Å². The van der Waals surface area contributed by atoms with Gasteiger partial charge in [-0.05, 0) is 11.8 Å². The fourth-order valence-electron chi connectivity index (χ4n) is 0. The molecular weight excluding hydrogens is 310 g/mol. The van der Waals surface area contributed by atoms with E-state index in [4.69, 9.17) is 39.4 Å². The maximum atomic E-state index is 9.81. The summed E-state index contributed by atoms with van der Waals surface area (Å²) >= 11 is -1.92. The molecule has 97 valence electrons. The predicted octanol–water partition coefficient (Wildman–Crippen LogP) is 4.51. The van der Waals surface area contributed by atoms with Crippen LogP contribution in [0, 0.1) is 11.8 Å². The first-order valence-corrected chi connectivity index (χ1v) is 10.8. The zero-order valence-electron chi connectivity index (χ0n) is 9.61. The Hall–Kier alpha value is 0.524. The summed E-state index contributed by atoms with van der Waals surface area (Å²) in [6, 6.07) is 0. The second-order valence-corrected chi connectivity index (χ2v) is 11.0. The third kappa shape index (κ3) is 36.6. The van der Waals surface area contributed by atoms with Gasteiger partial charge in [-0.25, -0.2) is 0 Å². The van der Waals surface area contributed by atoms with Gasteiger partial charge in [-0.1, -0.05) is 27.7 Å². The van der Waals surface area contributed by atoms with Crippen molar-refractivity contribution in [2.24, 2.45) is 11.8 Å². The van der Waals surface area contributed by atoms with Gasteiger partial charge < -0.3 is 21.1 Å². The molecule has 2 N–H and O–H groups in total. The fraction of sp³-hybridized carbons (Fsp3) is 0.750. The van der Waals surface area contributed by atoms with Gasteiger partial charge in [0.15, 0.2) is 0 Å². The van der Waals surface area contributed by atoms with Crippen LogP contribution in [0.3, 0.4) is 0 Å². The quantitative estimate of drug-likeness (QED) is 0.699. The standard InChI is InChI=1S/2C4H9NO.3ClH.Ti/c2*1-3(2)4(5)6;;;;/h2*3H,1-2H3,(H2,5,6);3*1H;/q;;;;;+3/p-5. The van der Waals surface area contributed by atoms with Crippen LogP contribution in [-0.2, 0) is 24.3 Å². The summed E-state index contributed by atoms with van der Waals surface area (Å²) in [5.41, 5.74) is 12.8. The molecule has 0 aliphatic heterocycles. The number of halogens is 3. The van der Waals surface area contributed by atoms with E-state index in [0.717, 1.165) is 0 Å². The average molecular weight is 326 g/mol. The van der Waals surface area contributed by atoms with Crippen molar-refractivity contribution in [3.05, 3.63) is 11.5 Å². The van der Waals surface area contributed by atoms with Crippen molar-refractivity contribution in [1.82, 2.24) is 0 Å². The number of carbonyl (C=O) groups is 2. The Bertz CT molecular complexity index is 181. The molecule has 0 aromatic heterocycles. The molecule has 0 saturated heterocycles. The Morgan fingerprint density at radius 3 is 0.938 bits per heavy atom. The van der Waals surface area contributed by atoms with E-state index in [1.54, 1.807) is 27.7 Å². The molecule has 16 heavy (non-hydrogen) atoms. The van der Waals surface area contributed by atoms with Crippen molar-refractivity contribution in [2.75, 3.05) is 0 Å². The Morgan fingerprint density at radius 1 is 0.875 bits per heavy atom. The molecule has 0 atom stereocenters. The van der Waals surface area contributed by atoms with Crippen molar-refractivity contribution >= 4 is 39.7 Å². The van der Waals surface area contributed by atoms with E-state index >= 15 is 0 Å². The molecule has 8 heteroatoms. The van der Waals surface area contributed by atoms with Gasteiger partial charge in [0, 0.05) is 0 Å². The zero-order chi connectivity index (χ0) is 13.9. The van der Waals surface area contributed by atoms with Crippen LogP contribution in [0.25, 0.3) is 11.5 Å². The van der Waals surface area contributed by atoms with Crippen LogP contribution >= 0.6 is 27.9 Å². The molecule has 0 aromatic carbocycles. The molecule has 0 aliphatic carbocycles. The summed E-state index contributed by atoms with van der Waals surface area (Å²) in [4.78, 5) is 19.6. The van der Waals surface area contributed by atoms with Gasteiger partial charge in [0.2, 0.25) is 0 Å². The molecule has 0 spiro atoms. The molecule has 0 radical (unpaired) electrons. The monoisotopic (exact) mass is 325 g/mol. The second kappa shape index (κ2) is 13.6. The van der Waals surface area contributed by atoms with E-state index in [0.29, 0.717) is 0 Å². The summed E-state index contributed by atoms with van der Waals surface area (Å²) in [5.74, 6) is -1.22. The molecule has 0 saturated carbocycles. The van der Waals surface area contributed by atoms with Crippen molar-refractivity contribution in [1.29, 1.82) is 0 Å². The molecule has 0 rings (SSSR count). The summed E-state index contributed by atoms with van der Waals surface area (Å²) < 4.78 is 0. The van der Waals surface area contributed by atoms with Crippen LogP contribution in [0.5, 0.6) is 0 Å². The molecule has 0 aliphatic rings. The first kappa shape index (κ1) is 21.8. The van der Waals surface area contributed by atoms with E-state index in [1.807, 2.05) is 0 Å². The van der Waals surface area contributed by atoms with Gasteiger partial charge in [0.25, 0.3) is 0 Å². The number of amides is 2. The minimum atomic E-state index is -1.92. The number of nitrogens with one attached hydrogen (secondary N) is 2. The van der Waals surface area contributed by atoms with Crippen molar-refractivity contribution < 1.29 is 24.3 Å². The molecule has 0 unspecified atom stereocenters. The predicted molar refractivity (Wildman–Crippen MR) is 65.9 cm³/mol. The number of hydrogen-bond donors (Lipinski definition) is 0. The number of rotatable bonds is 2. The van der Waals surface area contributed by atoms with Crippen LogP contribution < -0.4 is 0 Å². The Morgan fingerprint density at radius 2 is 0.938 bits per heavy atom. The van der Waals surface area contributed by atoms with Crippen LogP contribution in [-0.4, -0.2) is 11.8 Å². The van der Waals surface area contributed by atoms with Gasteiger partial charge in [-0.2, -0.15) is 0 Å². The summed E-state index contributed by atoms with van der Waals surface area (Å²) in [7, 11) is 14.9. The average Bonchev–Trinajstić information content (AvgIpc) is 2.03. The van der Waals surface area contributed by atoms with E-state index in [2.05, 4.69) is 0 Å². The molecule has 0 fully saturated rings. The van der Waals surface area contributed by atoms with Gasteiger partial charge in [-0.3, -0.25) is 0 Å². The summed E-state index contributed by atoms with van der Waals surface area (Å²) in [5, 5.41) is 0. The van der Waals surface area contributed by atoms with Crippen molar-refractivity contribution in [3.63, 3.8) is 0 Å². The fourth-order valence-corrected chi connectivity index (χ4v) is 0. The van der Waals surface area contributed by atoms with E-state index in [1.165, 1.54) is 0 Å². The zero-order valence-corrected chi connectivity index (χ0v) is 13.4. The third-order valence-corrected chi connectivity index (χ3v) is 1.05. The summed E-state index contributed by atoms with van der Waals surface area (Å²) in [6.45, 7) is 6.81. The van der Waals surface area contributed by atoms with Crippen LogP contribution in [0.2, 0.25) is 0 Å². The molecule has 0 heterocycles. The van der Waals surface area contributed by atoms with Gasteiger partial charge >= 0.3 is 42.6 Å². The van der Waals surface area contributed by atoms with Crippen molar-refractivity contribution in [2.45, 2.75) is 27.7 Å². The van der Waals surface area contributed by atoms with E-state index < -0.39 is 26.5 Å². The van der Waals surface area contributed by atoms with Gasteiger partial charge in [0.05, 0.1) is 11.8 Å². The third-order valence-electron chi connectivity index (χ3n) is 1.05. The topological polar surface area (TPSA) is 81.7 Å². The van der Waals surface area contributed by atoms with E-state index in [-0.39, 0.29) is 11.8 Å². The normalized spacial score (nSPS) is 8.56. The van der Waals surface area contributed by atoms with Crippen molar-refractivity contribution in [3.8, 4) is 0 Å². The Kier molecular flexibility index (Phi) is 18.5. The molecular formula is C8H16Cl3N2O2Ti-2. The maximum absolute atomic E-state index is 9.81. The summed E-state index contributed by atoms with van der Waals surface area (Å²) in [6.07, 6.45) is 0. The minimum absolute atomic E-state index is 0.120. The first-order valence-electron chi connectivity index (χ1n) is 4.36. The van der Waals surface area contributed by atoms with E-state index in [9.17, 15) is 9.59 Å². The van der Waals surface area contributed by atoms with Gasteiger partial charge in [0.1, 0.15) is 0 Å².